The van der Waals surface area contributed by atoms with Crippen molar-refractivity contribution in [1.82, 2.24) is 25.0 Å². The fraction of sp³-hybridized carbons (Fsp3) is 0.583. The van der Waals surface area contributed by atoms with Gasteiger partial charge in [-0.1, -0.05) is 11.6 Å². The van der Waals surface area contributed by atoms with Crippen LogP contribution in [-0.2, 0) is 9.53 Å². The minimum absolute atomic E-state index is 0. The average molecular weight is 512 g/mol. The van der Waals surface area contributed by atoms with Gasteiger partial charge < -0.3 is 24.8 Å². The summed E-state index contributed by atoms with van der Waals surface area (Å²) in [4.78, 5) is 36.2. The number of rotatable bonds is 6. The monoisotopic (exact) mass is 511 g/mol. The number of benzene rings is 1. The van der Waals surface area contributed by atoms with Crippen LogP contribution in [0.25, 0.3) is 10.9 Å². The topological polar surface area (TPSA) is 80.9 Å². The molecule has 10 heteroatoms. The third-order valence-electron chi connectivity index (χ3n) is 7.05. The van der Waals surface area contributed by atoms with Gasteiger partial charge in [0.25, 0.3) is 5.91 Å². The van der Waals surface area contributed by atoms with Crippen molar-refractivity contribution in [2.75, 3.05) is 53.4 Å². The van der Waals surface area contributed by atoms with Gasteiger partial charge in [-0.25, -0.2) is 0 Å². The Bertz CT molecular complexity index is 984. The van der Waals surface area contributed by atoms with Gasteiger partial charge in [0.1, 0.15) is 11.7 Å². The summed E-state index contributed by atoms with van der Waals surface area (Å²) in [7, 11) is 3.73. The summed E-state index contributed by atoms with van der Waals surface area (Å²) in [6, 6.07) is 6.99. The number of nitrogens with one attached hydrogen (secondary N) is 2. The standard InChI is InChI=1S/C24H34ClN5O3.ClH/c1-16(33-3)22(27-23(31)21-15-17-14-18(25)4-5-20(17)26-21)24(32)30-12-10-29(11-13-30)19-6-8-28(2)9-7-19;/h4-5,14-16,19,22,26H,6-13H2,1-3H3,(H,27,31);1H/t16-,22-;/m1./s1. The minimum Gasteiger partial charge on any atom is -0.379 e. The third-order valence-corrected chi connectivity index (χ3v) is 7.29. The zero-order chi connectivity index (χ0) is 23.5. The zero-order valence-electron chi connectivity index (χ0n) is 20.1. The van der Waals surface area contributed by atoms with E-state index in [9.17, 15) is 9.59 Å². The van der Waals surface area contributed by atoms with Gasteiger partial charge in [-0.2, -0.15) is 0 Å². The minimum atomic E-state index is -0.757. The number of carbonyl (C=O) groups is 2. The second-order valence-corrected chi connectivity index (χ2v) is 9.64. The molecule has 188 valence electrons. The molecule has 0 unspecified atom stereocenters. The molecule has 2 N–H and O–H groups in total. The summed E-state index contributed by atoms with van der Waals surface area (Å²) in [5.74, 6) is -0.436. The second kappa shape index (κ2) is 11.7. The van der Waals surface area contributed by atoms with Crippen LogP contribution in [0.3, 0.4) is 0 Å². The van der Waals surface area contributed by atoms with E-state index in [1.54, 1.807) is 25.3 Å². The number of hydrogen-bond donors (Lipinski definition) is 2. The number of piperidine rings is 1. The van der Waals surface area contributed by atoms with E-state index < -0.39 is 12.1 Å². The highest BCUT2D eigenvalue weighted by atomic mass is 35.5. The molecule has 1 aromatic carbocycles. The maximum Gasteiger partial charge on any atom is 0.268 e. The summed E-state index contributed by atoms with van der Waals surface area (Å²) in [5, 5.41) is 4.35. The largest absolute Gasteiger partial charge is 0.379 e. The molecule has 3 heterocycles. The van der Waals surface area contributed by atoms with Crippen LogP contribution in [0.5, 0.6) is 0 Å². The second-order valence-electron chi connectivity index (χ2n) is 9.20. The quantitative estimate of drug-likeness (QED) is 0.622. The van der Waals surface area contributed by atoms with Crippen molar-refractivity contribution in [3.8, 4) is 0 Å². The van der Waals surface area contributed by atoms with E-state index in [0.29, 0.717) is 29.8 Å². The maximum atomic E-state index is 13.4. The highest BCUT2D eigenvalue weighted by molar-refractivity contribution is 6.31. The van der Waals surface area contributed by atoms with Crippen molar-refractivity contribution in [3.63, 3.8) is 0 Å². The molecule has 4 rings (SSSR count). The van der Waals surface area contributed by atoms with Gasteiger partial charge in [0.2, 0.25) is 5.91 Å². The Morgan fingerprint density at radius 1 is 1.12 bits per heavy atom. The lowest BCUT2D eigenvalue weighted by molar-refractivity contribution is -0.138. The number of hydrogen-bond acceptors (Lipinski definition) is 5. The van der Waals surface area contributed by atoms with Gasteiger partial charge in [-0.15, -0.1) is 12.4 Å². The Morgan fingerprint density at radius 3 is 2.44 bits per heavy atom. The zero-order valence-corrected chi connectivity index (χ0v) is 21.6. The molecule has 2 aliphatic rings. The number of aromatic nitrogens is 1. The summed E-state index contributed by atoms with van der Waals surface area (Å²) in [5.41, 5.74) is 1.21. The fourth-order valence-electron chi connectivity index (χ4n) is 4.83. The number of piperazine rings is 1. The Labute approximate surface area is 212 Å². The van der Waals surface area contributed by atoms with E-state index >= 15 is 0 Å². The Morgan fingerprint density at radius 2 is 1.79 bits per heavy atom. The smallest absolute Gasteiger partial charge is 0.268 e. The van der Waals surface area contributed by atoms with Crippen LogP contribution >= 0.6 is 24.0 Å². The van der Waals surface area contributed by atoms with Crippen LogP contribution in [0.1, 0.15) is 30.3 Å². The highest BCUT2D eigenvalue weighted by Crippen LogP contribution is 2.21. The first kappa shape index (κ1) is 26.8. The van der Waals surface area contributed by atoms with E-state index in [4.69, 9.17) is 16.3 Å². The molecule has 0 bridgehead atoms. The van der Waals surface area contributed by atoms with Crippen LogP contribution in [0.15, 0.2) is 24.3 Å². The Hall–Kier alpha value is -1.84. The van der Waals surface area contributed by atoms with Crippen LogP contribution < -0.4 is 5.32 Å². The van der Waals surface area contributed by atoms with Crippen LogP contribution in [0.2, 0.25) is 5.02 Å². The number of aromatic amines is 1. The maximum absolute atomic E-state index is 13.4. The molecule has 0 radical (unpaired) electrons. The van der Waals surface area contributed by atoms with Crippen LogP contribution in [0.4, 0.5) is 0 Å². The van der Waals surface area contributed by atoms with Crippen molar-refractivity contribution in [3.05, 3.63) is 35.0 Å². The molecule has 0 aliphatic carbocycles. The predicted octanol–water partition coefficient (Wildman–Crippen LogP) is 2.61. The number of amides is 2. The van der Waals surface area contributed by atoms with Crippen molar-refractivity contribution >= 4 is 46.7 Å². The lowest BCUT2D eigenvalue weighted by atomic mass is 10.0. The number of methoxy groups -OCH3 is 1. The lowest BCUT2D eigenvalue weighted by Crippen LogP contribution is -2.59. The molecule has 1 aromatic heterocycles. The number of halogens is 2. The third kappa shape index (κ3) is 6.04. The van der Waals surface area contributed by atoms with Gasteiger partial charge in [-0.3, -0.25) is 14.5 Å². The number of nitrogens with zero attached hydrogens (tertiary/aromatic N) is 3. The molecule has 2 aliphatic heterocycles. The van der Waals surface area contributed by atoms with E-state index in [1.165, 1.54) is 12.8 Å². The number of likely N-dealkylation sites (tertiary alicyclic amines) is 1. The van der Waals surface area contributed by atoms with Crippen molar-refractivity contribution in [2.45, 2.75) is 38.0 Å². The molecule has 8 nitrogen and oxygen atoms in total. The first-order chi connectivity index (χ1) is 15.9. The molecular weight excluding hydrogens is 477 g/mol. The van der Waals surface area contributed by atoms with Crippen molar-refractivity contribution in [1.29, 1.82) is 0 Å². The van der Waals surface area contributed by atoms with Gasteiger partial charge in [0, 0.05) is 55.3 Å². The summed E-state index contributed by atoms with van der Waals surface area (Å²) in [6.45, 7) is 7.13. The lowest BCUT2D eigenvalue weighted by Gasteiger charge is -2.43. The average Bonchev–Trinajstić information content (AvgIpc) is 3.25. The summed E-state index contributed by atoms with van der Waals surface area (Å²) >= 11 is 6.06. The van der Waals surface area contributed by atoms with Crippen molar-refractivity contribution in [2.24, 2.45) is 0 Å². The van der Waals surface area contributed by atoms with E-state index in [-0.39, 0.29) is 24.2 Å². The van der Waals surface area contributed by atoms with Crippen LogP contribution in [0, 0.1) is 0 Å². The van der Waals surface area contributed by atoms with E-state index in [1.807, 2.05) is 17.9 Å². The summed E-state index contributed by atoms with van der Waals surface area (Å²) in [6.07, 6.45) is 1.91. The molecule has 0 spiro atoms. The molecule has 0 saturated carbocycles. The molecule has 2 fully saturated rings. The SMILES string of the molecule is CO[C@H](C)[C@@H](NC(=O)c1cc2cc(Cl)ccc2[nH]1)C(=O)N1CCN(C2CCN(C)CC2)CC1.Cl. The normalized spacial score (nSPS) is 20.1. The van der Waals surface area contributed by atoms with E-state index in [2.05, 4.69) is 27.1 Å². The number of H-pyrrole nitrogens is 1. The Kier molecular flexibility index (Phi) is 9.23. The number of ether oxygens (including phenoxy) is 1. The van der Waals surface area contributed by atoms with Gasteiger partial charge in [-0.05, 0) is 64.2 Å². The molecule has 2 aromatic rings. The number of carbonyl (C=O) groups excluding carboxylic acids is 2. The highest BCUT2D eigenvalue weighted by Gasteiger charge is 2.34. The van der Waals surface area contributed by atoms with Gasteiger partial charge in [0.15, 0.2) is 0 Å². The molecular formula is C24H35Cl2N5O3. The molecule has 2 saturated heterocycles. The number of fused-ring (bicyclic) bond motifs is 1. The first-order valence-corrected chi connectivity index (χ1v) is 12.1. The van der Waals surface area contributed by atoms with Gasteiger partial charge >= 0.3 is 0 Å². The predicted molar refractivity (Wildman–Crippen MR) is 137 cm³/mol. The van der Waals surface area contributed by atoms with Crippen LogP contribution in [-0.4, -0.2) is 103 Å². The molecule has 34 heavy (non-hydrogen) atoms. The van der Waals surface area contributed by atoms with E-state index in [0.717, 1.165) is 37.1 Å². The first-order valence-electron chi connectivity index (χ1n) is 11.7. The molecule has 2 amide bonds. The molecule has 2 atom stereocenters. The Balaban J connectivity index is 0.00000324. The van der Waals surface area contributed by atoms with Crippen molar-refractivity contribution < 1.29 is 14.3 Å². The van der Waals surface area contributed by atoms with Gasteiger partial charge in [0.05, 0.1) is 6.10 Å². The fourth-order valence-corrected chi connectivity index (χ4v) is 5.01. The summed E-state index contributed by atoms with van der Waals surface area (Å²) < 4.78 is 5.46.